The van der Waals surface area contributed by atoms with Crippen molar-refractivity contribution >= 4 is 17.8 Å². The van der Waals surface area contributed by atoms with Crippen LogP contribution in [0.1, 0.15) is 26.7 Å². The van der Waals surface area contributed by atoms with Crippen molar-refractivity contribution in [1.82, 2.24) is 9.80 Å². The number of ether oxygens (including phenoxy) is 1. The van der Waals surface area contributed by atoms with E-state index in [-0.39, 0.29) is 24.9 Å². The molecule has 0 bridgehead atoms. The lowest BCUT2D eigenvalue weighted by Crippen LogP contribution is -2.50. The summed E-state index contributed by atoms with van der Waals surface area (Å²) in [6, 6.07) is 0. The van der Waals surface area contributed by atoms with Crippen molar-refractivity contribution in [1.29, 1.82) is 0 Å². The highest BCUT2D eigenvalue weighted by atomic mass is 16.5. The highest BCUT2D eigenvalue weighted by Crippen LogP contribution is 2.17. The van der Waals surface area contributed by atoms with Crippen LogP contribution in [0.3, 0.4) is 0 Å². The summed E-state index contributed by atoms with van der Waals surface area (Å²) in [6.07, 6.45) is 1.26. The van der Waals surface area contributed by atoms with Gasteiger partial charge >= 0.3 is 5.97 Å². The standard InChI is InChI=1S/C14H24N2O5/c1-14(2,21-4)13(20)15(3)9-11(17)16-7-5-6-10(8-16)12(18)19/h10H,5-9H2,1-4H3,(H,18,19). The van der Waals surface area contributed by atoms with Gasteiger partial charge in [0.15, 0.2) is 0 Å². The van der Waals surface area contributed by atoms with Gasteiger partial charge in [-0.25, -0.2) is 0 Å². The minimum Gasteiger partial charge on any atom is -0.481 e. The molecule has 7 heteroatoms. The summed E-state index contributed by atoms with van der Waals surface area (Å²) in [5.74, 6) is -1.91. The van der Waals surface area contributed by atoms with Gasteiger partial charge in [0.1, 0.15) is 5.60 Å². The molecule has 0 radical (unpaired) electrons. The fraction of sp³-hybridized carbons (Fsp3) is 0.786. The van der Waals surface area contributed by atoms with Crippen molar-refractivity contribution in [2.75, 3.05) is 33.8 Å². The predicted octanol–water partition coefficient (Wildman–Crippen LogP) is 0.193. The van der Waals surface area contributed by atoms with Crippen LogP contribution >= 0.6 is 0 Å². The molecule has 0 saturated carbocycles. The average Bonchev–Trinajstić information content (AvgIpc) is 2.46. The van der Waals surface area contributed by atoms with E-state index in [0.29, 0.717) is 19.4 Å². The molecule has 1 N–H and O–H groups in total. The van der Waals surface area contributed by atoms with E-state index in [0.717, 1.165) is 0 Å². The second kappa shape index (κ2) is 6.89. The molecule has 0 aliphatic carbocycles. The third kappa shape index (κ3) is 4.42. The van der Waals surface area contributed by atoms with Crippen LogP contribution in [0.2, 0.25) is 0 Å². The van der Waals surface area contributed by atoms with Crippen LogP contribution in [0.25, 0.3) is 0 Å². The molecule has 7 nitrogen and oxygen atoms in total. The van der Waals surface area contributed by atoms with Crippen LogP contribution in [0.15, 0.2) is 0 Å². The first-order valence-corrected chi connectivity index (χ1v) is 7.00. The summed E-state index contributed by atoms with van der Waals surface area (Å²) >= 11 is 0. The van der Waals surface area contributed by atoms with Crippen LogP contribution in [0.4, 0.5) is 0 Å². The molecule has 1 atom stereocenters. The van der Waals surface area contributed by atoms with E-state index in [9.17, 15) is 14.4 Å². The van der Waals surface area contributed by atoms with Gasteiger partial charge in [-0.2, -0.15) is 0 Å². The van der Waals surface area contributed by atoms with Crippen molar-refractivity contribution in [3.8, 4) is 0 Å². The third-order valence-corrected chi connectivity index (χ3v) is 3.87. The summed E-state index contributed by atoms with van der Waals surface area (Å²) in [5, 5.41) is 9.03. The maximum absolute atomic E-state index is 12.2. The predicted molar refractivity (Wildman–Crippen MR) is 75.7 cm³/mol. The maximum atomic E-state index is 12.2. The highest BCUT2D eigenvalue weighted by molar-refractivity contribution is 5.89. The smallest absolute Gasteiger partial charge is 0.308 e. The molecule has 1 aliphatic rings. The normalized spacial score (nSPS) is 19.2. The molecule has 0 spiro atoms. The van der Waals surface area contributed by atoms with Crippen molar-refractivity contribution < 1.29 is 24.2 Å². The second-order valence-electron chi connectivity index (χ2n) is 5.89. The Kier molecular flexibility index (Phi) is 5.71. The third-order valence-electron chi connectivity index (χ3n) is 3.87. The Hall–Kier alpha value is -1.63. The molecule has 1 aliphatic heterocycles. The number of likely N-dealkylation sites (N-methyl/N-ethyl adjacent to an activating group) is 1. The fourth-order valence-corrected chi connectivity index (χ4v) is 2.33. The molecule has 1 saturated heterocycles. The number of rotatable bonds is 5. The number of hydrogen-bond acceptors (Lipinski definition) is 4. The lowest BCUT2D eigenvalue weighted by Gasteiger charge is -2.33. The molecule has 1 fully saturated rings. The molecule has 21 heavy (non-hydrogen) atoms. The van der Waals surface area contributed by atoms with Gasteiger partial charge in [-0.05, 0) is 26.7 Å². The number of carbonyl (C=O) groups is 3. The molecule has 0 aromatic rings. The zero-order valence-electron chi connectivity index (χ0n) is 13.1. The lowest BCUT2D eigenvalue weighted by molar-refractivity contribution is -0.154. The molecular formula is C14H24N2O5. The van der Waals surface area contributed by atoms with E-state index in [4.69, 9.17) is 9.84 Å². The summed E-state index contributed by atoms with van der Waals surface area (Å²) in [5.41, 5.74) is -0.986. The van der Waals surface area contributed by atoms with Gasteiger partial charge in [-0.1, -0.05) is 0 Å². The number of likely N-dealkylation sites (tertiary alicyclic amines) is 1. The largest absolute Gasteiger partial charge is 0.481 e. The fourth-order valence-electron chi connectivity index (χ4n) is 2.33. The molecule has 1 heterocycles. The van der Waals surface area contributed by atoms with E-state index in [2.05, 4.69) is 0 Å². The lowest BCUT2D eigenvalue weighted by atomic mass is 9.98. The Morgan fingerprint density at radius 2 is 2.00 bits per heavy atom. The Labute approximate surface area is 124 Å². The van der Waals surface area contributed by atoms with Crippen molar-refractivity contribution in [3.05, 3.63) is 0 Å². The summed E-state index contributed by atoms with van der Waals surface area (Å²) < 4.78 is 5.10. The number of carbonyl (C=O) groups excluding carboxylic acids is 2. The Morgan fingerprint density at radius 1 is 1.38 bits per heavy atom. The summed E-state index contributed by atoms with van der Waals surface area (Å²) in [7, 11) is 2.98. The number of hydrogen-bond donors (Lipinski definition) is 1. The summed E-state index contributed by atoms with van der Waals surface area (Å²) in [4.78, 5) is 38.2. The minimum atomic E-state index is -0.986. The molecule has 120 valence electrons. The number of piperidine rings is 1. The van der Waals surface area contributed by atoms with Crippen LogP contribution in [-0.4, -0.2) is 72.1 Å². The number of aliphatic carboxylic acids is 1. The Bertz CT molecular complexity index is 422. The number of amides is 2. The Morgan fingerprint density at radius 3 is 2.52 bits per heavy atom. The van der Waals surface area contributed by atoms with E-state index in [1.165, 1.54) is 16.9 Å². The highest BCUT2D eigenvalue weighted by Gasteiger charge is 2.33. The van der Waals surface area contributed by atoms with Gasteiger partial charge in [0.2, 0.25) is 5.91 Å². The zero-order chi connectivity index (χ0) is 16.2. The number of methoxy groups -OCH3 is 1. The van der Waals surface area contributed by atoms with Gasteiger partial charge in [0.25, 0.3) is 5.91 Å². The van der Waals surface area contributed by atoms with Gasteiger partial charge in [-0.3, -0.25) is 14.4 Å². The first-order chi connectivity index (χ1) is 9.69. The quantitative estimate of drug-likeness (QED) is 0.783. The van der Waals surface area contributed by atoms with Crippen LogP contribution < -0.4 is 0 Å². The molecule has 1 unspecified atom stereocenters. The number of carboxylic acids is 1. The zero-order valence-corrected chi connectivity index (χ0v) is 13.1. The van der Waals surface area contributed by atoms with Crippen molar-refractivity contribution in [3.63, 3.8) is 0 Å². The van der Waals surface area contributed by atoms with Crippen molar-refractivity contribution in [2.24, 2.45) is 5.92 Å². The molecule has 2 amide bonds. The van der Waals surface area contributed by atoms with E-state index >= 15 is 0 Å². The first kappa shape index (κ1) is 17.4. The van der Waals surface area contributed by atoms with Gasteiger partial charge in [0.05, 0.1) is 12.5 Å². The maximum Gasteiger partial charge on any atom is 0.308 e. The second-order valence-corrected chi connectivity index (χ2v) is 5.89. The molecule has 0 aromatic heterocycles. The van der Waals surface area contributed by atoms with Gasteiger partial charge in [-0.15, -0.1) is 0 Å². The van der Waals surface area contributed by atoms with E-state index in [1.807, 2.05) is 0 Å². The summed E-state index contributed by atoms with van der Waals surface area (Å²) in [6.45, 7) is 3.95. The van der Waals surface area contributed by atoms with E-state index < -0.39 is 17.5 Å². The molecular weight excluding hydrogens is 276 g/mol. The molecule has 0 aromatic carbocycles. The van der Waals surface area contributed by atoms with Crippen LogP contribution in [-0.2, 0) is 19.1 Å². The minimum absolute atomic E-state index is 0.0715. The van der Waals surface area contributed by atoms with E-state index in [1.54, 1.807) is 20.9 Å². The Balaban J connectivity index is 2.60. The van der Waals surface area contributed by atoms with Crippen molar-refractivity contribution in [2.45, 2.75) is 32.3 Å². The monoisotopic (exact) mass is 300 g/mol. The van der Waals surface area contributed by atoms with Crippen LogP contribution in [0, 0.1) is 5.92 Å². The average molecular weight is 300 g/mol. The first-order valence-electron chi connectivity index (χ1n) is 7.00. The topological polar surface area (TPSA) is 87.2 Å². The SMILES string of the molecule is COC(C)(C)C(=O)N(C)CC(=O)N1CCCC(C(=O)O)C1. The van der Waals surface area contributed by atoms with Gasteiger partial charge in [0, 0.05) is 27.2 Å². The number of carboxylic acid groups (broad SMARTS) is 1. The van der Waals surface area contributed by atoms with Gasteiger partial charge < -0.3 is 19.6 Å². The van der Waals surface area contributed by atoms with Crippen LogP contribution in [0.5, 0.6) is 0 Å². The number of nitrogens with zero attached hydrogens (tertiary/aromatic N) is 2. The molecule has 1 rings (SSSR count).